The van der Waals surface area contributed by atoms with Crippen molar-refractivity contribution in [3.05, 3.63) is 23.9 Å². The van der Waals surface area contributed by atoms with Gasteiger partial charge < -0.3 is 11.5 Å². The van der Waals surface area contributed by atoms with Crippen LogP contribution in [-0.4, -0.2) is 6.04 Å². The van der Waals surface area contributed by atoms with E-state index in [0.29, 0.717) is 0 Å². The third kappa shape index (κ3) is 3.79. The highest BCUT2D eigenvalue weighted by molar-refractivity contribution is 5.13. The molecule has 0 saturated carbocycles. The van der Waals surface area contributed by atoms with Crippen LogP contribution in [-0.2, 0) is 0 Å². The van der Waals surface area contributed by atoms with E-state index in [1.54, 1.807) is 6.08 Å². The van der Waals surface area contributed by atoms with Crippen LogP contribution in [0.2, 0.25) is 0 Å². The zero-order chi connectivity index (χ0) is 7.28. The summed E-state index contributed by atoms with van der Waals surface area (Å²) in [7, 11) is 0. The molecule has 1 atom stereocenters. The molecular weight excluding hydrogens is 112 g/mol. The monoisotopic (exact) mass is 126 g/mol. The Morgan fingerprint density at radius 1 is 1.56 bits per heavy atom. The minimum atomic E-state index is 0.126. The fraction of sp³-hybridized carbons (Fsp3) is 0.429. The van der Waals surface area contributed by atoms with E-state index in [0.717, 1.165) is 5.57 Å². The van der Waals surface area contributed by atoms with Crippen LogP contribution < -0.4 is 11.5 Å². The normalized spacial score (nSPS) is 16.6. The molecule has 4 N–H and O–H groups in total. The zero-order valence-corrected chi connectivity index (χ0v) is 5.96. The molecule has 0 saturated heterocycles. The SMILES string of the molecule is C/C(=C/C=C\N)C(C)N. The number of allylic oxidation sites excluding steroid dienone is 2. The third-order valence-electron chi connectivity index (χ3n) is 1.19. The van der Waals surface area contributed by atoms with Crippen molar-refractivity contribution in [2.24, 2.45) is 11.5 Å². The van der Waals surface area contributed by atoms with Crippen LogP contribution >= 0.6 is 0 Å². The molecule has 0 heterocycles. The lowest BCUT2D eigenvalue weighted by molar-refractivity contribution is 0.861. The Kier molecular flexibility index (Phi) is 3.80. The van der Waals surface area contributed by atoms with Gasteiger partial charge in [-0.3, -0.25) is 0 Å². The molecule has 0 aliphatic rings. The van der Waals surface area contributed by atoms with Gasteiger partial charge in [0.05, 0.1) is 0 Å². The summed E-state index contributed by atoms with van der Waals surface area (Å²) < 4.78 is 0. The zero-order valence-electron chi connectivity index (χ0n) is 5.96. The predicted molar refractivity (Wildman–Crippen MR) is 40.7 cm³/mol. The summed E-state index contributed by atoms with van der Waals surface area (Å²) in [5.74, 6) is 0. The van der Waals surface area contributed by atoms with E-state index in [1.807, 2.05) is 19.9 Å². The summed E-state index contributed by atoms with van der Waals surface area (Å²) in [6, 6.07) is 0.126. The van der Waals surface area contributed by atoms with Crippen LogP contribution in [0.4, 0.5) is 0 Å². The van der Waals surface area contributed by atoms with Gasteiger partial charge >= 0.3 is 0 Å². The van der Waals surface area contributed by atoms with Crippen molar-refractivity contribution in [1.82, 2.24) is 0 Å². The second-order valence-electron chi connectivity index (χ2n) is 2.08. The van der Waals surface area contributed by atoms with Crippen molar-refractivity contribution >= 4 is 0 Å². The molecule has 0 aliphatic heterocycles. The average Bonchev–Trinajstić information content (AvgIpc) is 1.82. The molecule has 2 nitrogen and oxygen atoms in total. The molecule has 0 aliphatic carbocycles. The third-order valence-corrected chi connectivity index (χ3v) is 1.19. The summed E-state index contributed by atoms with van der Waals surface area (Å²) in [4.78, 5) is 0. The lowest BCUT2D eigenvalue weighted by Crippen LogP contribution is -2.15. The summed E-state index contributed by atoms with van der Waals surface area (Å²) >= 11 is 0. The number of nitrogens with two attached hydrogens (primary N) is 2. The van der Waals surface area contributed by atoms with Crippen molar-refractivity contribution in [2.75, 3.05) is 0 Å². The van der Waals surface area contributed by atoms with E-state index in [1.165, 1.54) is 6.20 Å². The van der Waals surface area contributed by atoms with Crippen LogP contribution in [0.1, 0.15) is 13.8 Å². The van der Waals surface area contributed by atoms with Crippen LogP contribution in [0.25, 0.3) is 0 Å². The molecule has 52 valence electrons. The van der Waals surface area contributed by atoms with Gasteiger partial charge in [0.25, 0.3) is 0 Å². The fourth-order valence-electron chi connectivity index (χ4n) is 0.359. The van der Waals surface area contributed by atoms with Gasteiger partial charge in [-0.15, -0.1) is 0 Å². The highest BCUT2D eigenvalue weighted by atomic mass is 14.6. The smallest absolute Gasteiger partial charge is 0.0225 e. The molecular formula is C7H14N2. The molecule has 2 heteroatoms. The maximum atomic E-state index is 5.53. The first-order chi connectivity index (χ1) is 4.18. The quantitative estimate of drug-likeness (QED) is 0.536. The highest BCUT2D eigenvalue weighted by Gasteiger charge is 1.91. The Bertz CT molecular complexity index is 123. The minimum absolute atomic E-state index is 0.126. The standard InChI is InChI=1S/C7H14N2/c1-6(7(2)9)4-3-5-8/h3-5,7H,8-9H2,1-2H3/b5-3-,6-4-. The maximum absolute atomic E-state index is 5.53. The van der Waals surface area contributed by atoms with Crippen molar-refractivity contribution in [3.8, 4) is 0 Å². The molecule has 1 unspecified atom stereocenters. The molecule has 0 amide bonds. The van der Waals surface area contributed by atoms with Crippen LogP contribution in [0, 0.1) is 0 Å². The van der Waals surface area contributed by atoms with Gasteiger partial charge in [-0.2, -0.15) is 0 Å². The van der Waals surface area contributed by atoms with Crippen molar-refractivity contribution in [1.29, 1.82) is 0 Å². The van der Waals surface area contributed by atoms with Crippen LogP contribution in [0.15, 0.2) is 23.9 Å². The Morgan fingerprint density at radius 3 is 2.44 bits per heavy atom. The second-order valence-corrected chi connectivity index (χ2v) is 2.08. The van der Waals surface area contributed by atoms with E-state index in [-0.39, 0.29) is 6.04 Å². The summed E-state index contributed by atoms with van der Waals surface area (Å²) in [5, 5.41) is 0. The van der Waals surface area contributed by atoms with Gasteiger partial charge in [-0.25, -0.2) is 0 Å². The first-order valence-electron chi connectivity index (χ1n) is 2.99. The molecule has 9 heavy (non-hydrogen) atoms. The number of rotatable bonds is 2. The Labute approximate surface area is 56.2 Å². The lowest BCUT2D eigenvalue weighted by Gasteiger charge is -2.01. The topological polar surface area (TPSA) is 52.0 Å². The molecule has 0 aromatic heterocycles. The first kappa shape index (κ1) is 8.24. The number of hydrogen-bond acceptors (Lipinski definition) is 2. The van der Waals surface area contributed by atoms with Gasteiger partial charge in [-0.05, 0) is 26.1 Å². The predicted octanol–water partition coefficient (Wildman–Crippen LogP) is 0.752. The van der Waals surface area contributed by atoms with Crippen molar-refractivity contribution in [2.45, 2.75) is 19.9 Å². The molecule has 0 bridgehead atoms. The lowest BCUT2D eigenvalue weighted by atomic mass is 10.1. The first-order valence-corrected chi connectivity index (χ1v) is 2.99. The summed E-state index contributed by atoms with van der Waals surface area (Å²) in [6.45, 7) is 3.92. The molecule has 0 aromatic carbocycles. The molecule has 0 radical (unpaired) electrons. The molecule has 0 rings (SSSR count). The van der Waals surface area contributed by atoms with Crippen molar-refractivity contribution < 1.29 is 0 Å². The van der Waals surface area contributed by atoms with Crippen LogP contribution in [0.3, 0.4) is 0 Å². The Balaban J connectivity index is 3.84. The average molecular weight is 126 g/mol. The molecule has 0 spiro atoms. The molecule has 0 fully saturated rings. The van der Waals surface area contributed by atoms with Gasteiger partial charge in [0.2, 0.25) is 0 Å². The second kappa shape index (κ2) is 4.15. The van der Waals surface area contributed by atoms with E-state index in [2.05, 4.69) is 0 Å². The van der Waals surface area contributed by atoms with Gasteiger partial charge in [0, 0.05) is 6.04 Å². The van der Waals surface area contributed by atoms with Crippen LogP contribution in [0.5, 0.6) is 0 Å². The van der Waals surface area contributed by atoms with E-state index < -0.39 is 0 Å². The minimum Gasteiger partial charge on any atom is -0.405 e. The largest absolute Gasteiger partial charge is 0.405 e. The molecule has 0 aromatic rings. The summed E-state index contributed by atoms with van der Waals surface area (Å²) in [6.07, 6.45) is 5.18. The Morgan fingerprint density at radius 2 is 2.11 bits per heavy atom. The van der Waals surface area contributed by atoms with Crippen molar-refractivity contribution in [3.63, 3.8) is 0 Å². The van der Waals surface area contributed by atoms with Gasteiger partial charge in [0.1, 0.15) is 0 Å². The van der Waals surface area contributed by atoms with E-state index >= 15 is 0 Å². The van der Waals surface area contributed by atoms with E-state index in [9.17, 15) is 0 Å². The van der Waals surface area contributed by atoms with Gasteiger partial charge in [-0.1, -0.05) is 11.6 Å². The fourth-order valence-corrected chi connectivity index (χ4v) is 0.359. The highest BCUT2D eigenvalue weighted by Crippen LogP contribution is 1.95. The van der Waals surface area contributed by atoms with Gasteiger partial charge in [0.15, 0.2) is 0 Å². The number of hydrogen-bond donors (Lipinski definition) is 2. The maximum Gasteiger partial charge on any atom is 0.0225 e. The van der Waals surface area contributed by atoms with E-state index in [4.69, 9.17) is 11.5 Å². The Hall–Kier alpha value is -0.760. The summed E-state index contributed by atoms with van der Waals surface area (Å²) in [5.41, 5.74) is 11.8.